The van der Waals surface area contributed by atoms with Crippen molar-refractivity contribution < 1.29 is 33.0 Å². The number of carboxylic acid groups (broad SMARTS) is 1. The molecule has 10 heteroatoms. The Kier molecular flexibility index (Phi) is 7.15. The molecule has 1 aromatic rings. The number of nitrogens with zero attached hydrogens (tertiary/aromatic N) is 1. The van der Waals surface area contributed by atoms with Gasteiger partial charge in [-0.2, -0.15) is 13.2 Å². The van der Waals surface area contributed by atoms with Crippen LogP contribution in [0.25, 0.3) is 0 Å². The monoisotopic (exact) mass is 368 g/mol. The number of alkyl halides is 3. The summed E-state index contributed by atoms with van der Waals surface area (Å²) in [4.78, 5) is 25.7. The van der Waals surface area contributed by atoms with Gasteiger partial charge in [0.1, 0.15) is 5.01 Å². The van der Waals surface area contributed by atoms with Crippen molar-refractivity contribution in [3.05, 3.63) is 16.1 Å². The molecule has 0 radical (unpaired) electrons. The lowest BCUT2D eigenvalue weighted by Gasteiger charge is -2.27. The summed E-state index contributed by atoms with van der Waals surface area (Å²) < 4.78 is 39.6. The van der Waals surface area contributed by atoms with E-state index >= 15 is 0 Å². The van der Waals surface area contributed by atoms with E-state index in [-0.39, 0.29) is 13.0 Å². The zero-order valence-electron chi connectivity index (χ0n) is 13.0. The van der Waals surface area contributed by atoms with Crippen molar-refractivity contribution in [2.24, 2.45) is 0 Å². The number of halogens is 3. The van der Waals surface area contributed by atoms with Gasteiger partial charge in [0, 0.05) is 24.0 Å². The normalized spacial score (nSPS) is 14.2. The number of aryl methyl sites for hydroxylation is 1. The summed E-state index contributed by atoms with van der Waals surface area (Å²) in [5.41, 5.74) is -2.99. The maximum atomic E-state index is 13.2. The second-order valence-electron chi connectivity index (χ2n) is 5.38. The standard InChI is InChI=1S/C14H19F3N2O4S/c1-9-8-24-12(19-9)13(23,14(15,16)17)7-10(20)18-6-4-2-3-5-11(21)22/h8,23H,2-7H2,1H3,(H,18,20)(H,21,22). The fourth-order valence-corrected chi connectivity index (χ4v) is 2.86. The SMILES string of the molecule is Cc1csc(C(O)(CC(=O)NCCCCCC(=O)O)C(F)(F)F)n1. The minimum atomic E-state index is -5.03. The predicted molar refractivity (Wildman–Crippen MR) is 80.5 cm³/mol. The number of aromatic nitrogens is 1. The van der Waals surface area contributed by atoms with Crippen LogP contribution in [0.15, 0.2) is 5.38 Å². The quantitative estimate of drug-likeness (QED) is 0.581. The third kappa shape index (κ3) is 5.75. The van der Waals surface area contributed by atoms with Crippen molar-refractivity contribution in [2.45, 2.75) is 50.8 Å². The summed E-state index contributed by atoms with van der Waals surface area (Å²) in [5.74, 6) is -1.87. The van der Waals surface area contributed by atoms with E-state index in [1.54, 1.807) is 0 Å². The van der Waals surface area contributed by atoms with E-state index < -0.39 is 35.1 Å². The average molecular weight is 368 g/mol. The Hall–Kier alpha value is -1.68. The van der Waals surface area contributed by atoms with Crippen molar-refractivity contribution >= 4 is 23.2 Å². The number of carbonyl (C=O) groups is 2. The van der Waals surface area contributed by atoms with Crippen molar-refractivity contribution in [3.63, 3.8) is 0 Å². The van der Waals surface area contributed by atoms with Crippen molar-refractivity contribution in [3.8, 4) is 0 Å². The fourth-order valence-electron chi connectivity index (χ4n) is 1.94. The largest absolute Gasteiger partial charge is 0.481 e. The molecule has 1 heterocycles. The topological polar surface area (TPSA) is 99.5 Å². The number of aliphatic carboxylic acids is 1. The molecular weight excluding hydrogens is 349 g/mol. The van der Waals surface area contributed by atoms with Crippen LogP contribution in [0, 0.1) is 6.92 Å². The molecule has 0 spiro atoms. The van der Waals surface area contributed by atoms with Gasteiger partial charge in [-0.05, 0) is 19.8 Å². The van der Waals surface area contributed by atoms with Crippen LogP contribution in [-0.4, -0.2) is 39.8 Å². The van der Waals surface area contributed by atoms with Gasteiger partial charge in [0.2, 0.25) is 11.5 Å². The van der Waals surface area contributed by atoms with Crippen LogP contribution >= 0.6 is 11.3 Å². The molecular formula is C14H19F3N2O4S. The second kappa shape index (κ2) is 8.43. The number of aliphatic hydroxyl groups is 1. The molecule has 0 aliphatic heterocycles. The van der Waals surface area contributed by atoms with E-state index in [0.717, 1.165) is 0 Å². The van der Waals surface area contributed by atoms with Gasteiger partial charge in [-0.15, -0.1) is 11.3 Å². The fraction of sp³-hybridized carbons (Fsp3) is 0.643. The molecule has 0 aliphatic rings. The Bertz CT molecular complexity index is 577. The molecule has 1 unspecified atom stereocenters. The number of rotatable bonds is 9. The van der Waals surface area contributed by atoms with Crippen molar-refractivity contribution in [1.29, 1.82) is 0 Å². The van der Waals surface area contributed by atoms with Crippen LogP contribution in [-0.2, 0) is 15.2 Å². The first-order chi connectivity index (χ1) is 11.1. The van der Waals surface area contributed by atoms with Crippen LogP contribution in [0.5, 0.6) is 0 Å². The number of amides is 1. The third-order valence-electron chi connectivity index (χ3n) is 3.25. The molecule has 0 aromatic carbocycles. The van der Waals surface area contributed by atoms with Gasteiger partial charge in [-0.3, -0.25) is 9.59 Å². The maximum Gasteiger partial charge on any atom is 0.424 e. The predicted octanol–water partition coefficient (Wildman–Crippen LogP) is 2.35. The molecule has 1 aromatic heterocycles. The first-order valence-electron chi connectivity index (χ1n) is 7.26. The molecule has 1 rings (SSSR count). The summed E-state index contributed by atoms with van der Waals surface area (Å²) in [7, 11) is 0. The van der Waals surface area contributed by atoms with E-state index in [1.807, 2.05) is 0 Å². The molecule has 1 amide bonds. The highest BCUT2D eigenvalue weighted by molar-refractivity contribution is 7.09. The number of hydrogen-bond acceptors (Lipinski definition) is 5. The average Bonchev–Trinajstić information content (AvgIpc) is 2.88. The van der Waals surface area contributed by atoms with Crippen LogP contribution in [0.2, 0.25) is 0 Å². The lowest BCUT2D eigenvalue weighted by Crippen LogP contribution is -2.46. The first-order valence-corrected chi connectivity index (χ1v) is 8.14. The first kappa shape index (κ1) is 20.4. The van der Waals surface area contributed by atoms with Gasteiger partial charge < -0.3 is 15.5 Å². The summed E-state index contributed by atoms with van der Waals surface area (Å²) in [6, 6.07) is 0. The van der Waals surface area contributed by atoms with Crippen molar-refractivity contribution in [1.82, 2.24) is 10.3 Å². The lowest BCUT2D eigenvalue weighted by atomic mass is 9.99. The Morgan fingerprint density at radius 1 is 1.29 bits per heavy atom. The highest BCUT2D eigenvalue weighted by Crippen LogP contribution is 2.42. The van der Waals surface area contributed by atoms with E-state index in [1.165, 1.54) is 12.3 Å². The second-order valence-corrected chi connectivity index (χ2v) is 6.24. The number of thiazole rings is 1. The molecule has 0 fully saturated rings. The molecule has 136 valence electrons. The van der Waals surface area contributed by atoms with Crippen LogP contribution in [0.1, 0.15) is 42.8 Å². The highest BCUT2D eigenvalue weighted by atomic mass is 32.1. The summed E-state index contributed by atoms with van der Waals surface area (Å²) >= 11 is 0.646. The van der Waals surface area contributed by atoms with E-state index in [0.29, 0.717) is 36.3 Å². The van der Waals surface area contributed by atoms with E-state index in [4.69, 9.17) is 5.11 Å². The van der Waals surface area contributed by atoms with Crippen LogP contribution < -0.4 is 5.32 Å². The number of unbranched alkanes of at least 4 members (excludes halogenated alkanes) is 2. The third-order valence-corrected chi connectivity index (χ3v) is 4.36. The van der Waals surface area contributed by atoms with Gasteiger partial charge in [0.15, 0.2) is 0 Å². The van der Waals surface area contributed by atoms with Gasteiger partial charge in [0.25, 0.3) is 0 Å². The van der Waals surface area contributed by atoms with Gasteiger partial charge in [-0.1, -0.05) is 6.42 Å². The molecule has 0 bridgehead atoms. The minimum absolute atomic E-state index is 0.00513. The van der Waals surface area contributed by atoms with Gasteiger partial charge in [0.05, 0.1) is 6.42 Å². The Morgan fingerprint density at radius 2 is 1.96 bits per heavy atom. The smallest absolute Gasteiger partial charge is 0.424 e. The summed E-state index contributed by atoms with van der Waals surface area (Å²) in [6.45, 7) is 1.61. The van der Waals surface area contributed by atoms with Gasteiger partial charge >= 0.3 is 12.1 Å². The minimum Gasteiger partial charge on any atom is -0.481 e. The lowest BCUT2D eigenvalue weighted by molar-refractivity contribution is -0.267. The van der Waals surface area contributed by atoms with E-state index in [2.05, 4.69) is 10.3 Å². The summed E-state index contributed by atoms with van der Waals surface area (Å²) in [5, 5.41) is 21.6. The van der Waals surface area contributed by atoms with Gasteiger partial charge in [-0.25, -0.2) is 4.98 Å². The Labute approximate surface area is 140 Å². The molecule has 0 saturated heterocycles. The van der Waals surface area contributed by atoms with Crippen LogP contribution in [0.3, 0.4) is 0 Å². The molecule has 0 aliphatic carbocycles. The summed E-state index contributed by atoms with van der Waals surface area (Å²) in [6.07, 6.45) is -4.79. The van der Waals surface area contributed by atoms with Crippen molar-refractivity contribution in [2.75, 3.05) is 6.54 Å². The molecule has 3 N–H and O–H groups in total. The molecule has 0 saturated carbocycles. The molecule has 1 atom stereocenters. The number of hydrogen-bond donors (Lipinski definition) is 3. The zero-order chi connectivity index (χ0) is 18.4. The zero-order valence-corrected chi connectivity index (χ0v) is 13.8. The molecule has 24 heavy (non-hydrogen) atoms. The Balaban J connectivity index is 2.56. The molecule has 6 nitrogen and oxygen atoms in total. The maximum absolute atomic E-state index is 13.2. The number of carboxylic acids is 1. The highest BCUT2D eigenvalue weighted by Gasteiger charge is 2.58. The number of nitrogens with one attached hydrogen (secondary N) is 1. The number of carbonyl (C=O) groups excluding carboxylic acids is 1. The Morgan fingerprint density at radius 3 is 2.46 bits per heavy atom. The van der Waals surface area contributed by atoms with E-state index in [9.17, 15) is 27.9 Å². The van der Waals surface area contributed by atoms with Crippen LogP contribution in [0.4, 0.5) is 13.2 Å².